The summed E-state index contributed by atoms with van der Waals surface area (Å²) in [6.07, 6.45) is 4.03. The van der Waals surface area contributed by atoms with E-state index in [1.54, 1.807) is 12.1 Å². The van der Waals surface area contributed by atoms with E-state index >= 15 is 4.39 Å². The van der Waals surface area contributed by atoms with E-state index < -0.39 is 11.4 Å². The van der Waals surface area contributed by atoms with Crippen LogP contribution in [0.4, 0.5) is 14.9 Å². The molecule has 5 heterocycles. The van der Waals surface area contributed by atoms with Gasteiger partial charge in [-0.05, 0) is 112 Å². The molecular formula is C42H48FN5O4. The van der Waals surface area contributed by atoms with Gasteiger partial charge >= 0.3 is 6.09 Å². The van der Waals surface area contributed by atoms with Gasteiger partial charge in [0.2, 0.25) is 5.88 Å². The van der Waals surface area contributed by atoms with Crippen LogP contribution in [0.1, 0.15) is 64.5 Å². The SMILES string of the molecule is CC1Cc2c(OC[C@@H]3CCCN3C)nc3c(F)c(-c4cc(O)cc5ccccc45)c(CCC#N)cc3c2N(C2C3CC2N(C(=O)OC(C)(C)C)C3)C1. The summed E-state index contributed by atoms with van der Waals surface area (Å²) in [6, 6.07) is 15.5. The Balaban J connectivity index is 1.32. The van der Waals surface area contributed by atoms with Gasteiger partial charge in [0.25, 0.3) is 0 Å². The highest BCUT2D eigenvalue weighted by atomic mass is 19.1. The largest absolute Gasteiger partial charge is 0.508 e. The topological polar surface area (TPSA) is 102 Å². The molecule has 1 aromatic heterocycles. The fraction of sp³-hybridized carbons (Fsp3) is 0.500. The standard InChI is InChI=1S/C42H48FN5O4/c1-24-16-33-39(48(21-24)38-27-19-34(38)47(22-27)41(50)52-42(2,3)4)32-18-26(11-8-14-44)35(31-20-29(49)17-25-10-6-7-13-30(25)31)36(43)37(32)45-40(33)51-23-28-12-9-15-46(28)5/h6-7,10,13,17-18,20,24,27-28,34,38,49H,8-9,11-12,15-16,19,21-23H2,1-5H3/t24?,27?,28-,34?,38?/m0/s1. The molecule has 4 fully saturated rings. The molecule has 4 aromatic rings. The van der Waals surface area contributed by atoms with E-state index in [0.717, 1.165) is 60.8 Å². The Morgan fingerprint density at radius 3 is 2.71 bits per heavy atom. The third kappa shape index (κ3) is 5.97. The first-order valence-corrected chi connectivity index (χ1v) is 18.8. The Morgan fingerprint density at radius 1 is 1.15 bits per heavy atom. The van der Waals surface area contributed by atoms with Crippen LogP contribution in [-0.2, 0) is 17.6 Å². The number of hydrogen-bond acceptors (Lipinski definition) is 8. The fourth-order valence-corrected chi connectivity index (χ4v) is 9.29. The molecule has 1 saturated carbocycles. The van der Waals surface area contributed by atoms with Crippen molar-refractivity contribution >= 4 is 33.5 Å². The lowest BCUT2D eigenvalue weighted by Crippen LogP contribution is -2.58. The summed E-state index contributed by atoms with van der Waals surface area (Å²) in [7, 11) is 2.12. The molecule has 4 aliphatic heterocycles. The summed E-state index contributed by atoms with van der Waals surface area (Å²) in [5, 5.41) is 22.8. The van der Waals surface area contributed by atoms with E-state index in [2.05, 4.69) is 29.8 Å². The minimum absolute atomic E-state index is 0.0152. The van der Waals surface area contributed by atoms with Crippen molar-refractivity contribution in [1.82, 2.24) is 14.8 Å². The van der Waals surface area contributed by atoms with Crippen LogP contribution in [0.25, 0.3) is 32.8 Å². The number of anilines is 1. The number of pyridine rings is 1. The van der Waals surface area contributed by atoms with Crippen molar-refractivity contribution in [1.29, 1.82) is 5.26 Å². The fourth-order valence-electron chi connectivity index (χ4n) is 9.29. The number of aromatic hydroxyl groups is 1. The van der Waals surface area contributed by atoms with Crippen LogP contribution in [0.2, 0.25) is 0 Å². The first-order valence-electron chi connectivity index (χ1n) is 18.8. The molecule has 0 radical (unpaired) electrons. The number of nitrogens with zero attached hydrogens (tertiary/aromatic N) is 5. The Hall–Kier alpha value is -4.62. The number of amides is 1. The second-order valence-electron chi connectivity index (χ2n) is 16.5. The van der Waals surface area contributed by atoms with Crippen LogP contribution < -0.4 is 9.64 Å². The summed E-state index contributed by atoms with van der Waals surface area (Å²) in [5.74, 6) is 0.552. The predicted octanol–water partition coefficient (Wildman–Crippen LogP) is 7.84. The molecule has 4 unspecified atom stereocenters. The van der Waals surface area contributed by atoms with E-state index in [4.69, 9.17) is 14.5 Å². The Bertz CT molecular complexity index is 2110. The zero-order valence-electron chi connectivity index (χ0n) is 30.8. The number of ether oxygens (including phenoxy) is 2. The molecule has 10 heteroatoms. The average molecular weight is 706 g/mol. The second-order valence-corrected chi connectivity index (χ2v) is 16.5. The van der Waals surface area contributed by atoms with Crippen LogP contribution >= 0.6 is 0 Å². The summed E-state index contributed by atoms with van der Waals surface area (Å²) in [4.78, 5) is 25.0. The van der Waals surface area contributed by atoms with Gasteiger partial charge in [-0.25, -0.2) is 14.2 Å². The third-order valence-electron chi connectivity index (χ3n) is 11.6. The van der Waals surface area contributed by atoms with Crippen molar-refractivity contribution < 1.29 is 23.8 Å². The second kappa shape index (κ2) is 13.1. The molecule has 1 aliphatic carbocycles. The highest BCUT2D eigenvalue weighted by Crippen LogP contribution is 2.52. The van der Waals surface area contributed by atoms with Gasteiger partial charge in [0.1, 0.15) is 23.5 Å². The van der Waals surface area contributed by atoms with Crippen molar-refractivity contribution in [2.75, 3.05) is 38.2 Å². The number of benzene rings is 3. The maximum Gasteiger partial charge on any atom is 0.410 e. The molecule has 272 valence electrons. The first-order chi connectivity index (χ1) is 24.9. The number of fused-ring (bicyclic) bond motifs is 5. The van der Waals surface area contributed by atoms with Crippen molar-refractivity contribution in [2.24, 2.45) is 11.8 Å². The lowest BCUT2D eigenvalue weighted by Gasteiger charge is -2.49. The third-order valence-corrected chi connectivity index (χ3v) is 11.6. The van der Waals surface area contributed by atoms with Crippen LogP contribution in [0, 0.1) is 29.0 Å². The maximum absolute atomic E-state index is 17.7. The maximum atomic E-state index is 17.7. The molecule has 2 bridgehead atoms. The molecule has 3 aromatic carbocycles. The van der Waals surface area contributed by atoms with Crippen molar-refractivity contribution in [3.05, 3.63) is 59.4 Å². The molecule has 5 atom stereocenters. The van der Waals surface area contributed by atoms with Crippen LogP contribution in [0.5, 0.6) is 11.6 Å². The van der Waals surface area contributed by atoms with E-state index in [-0.39, 0.29) is 53.7 Å². The zero-order chi connectivity index (χ0) is 36.5. The number of carbonyl (C=O) groups excluding carboxylic acids is 1. The van der Waals surface area contributed by atoms with Gasteiger partial charge < -0.3 is 29.3 Å². The number of phenols is 1. The number of likely N-dealkylation sites (N-methyl/N-ethyl adjacent to an activating group) is 1. The highest BCUT2D eigenvalue weighted by Gasteiger charge is 2.58. The molecule has 52 heavy (non-hydrogen) atoms. The van der Waals surface area contributed by atoms with Gasteiger partial charge in [-0.1, -0.05) is 31.2 Å². The number of carbonyl (C=O) groups is 1. The molecule has 1 amide bonds. The Labute approximate surface area is 304 Å². The van der Waals surface area contributed by atoms with Gasteiger partial charge in [0.15, 0.2) is 5.82 Å². The highest BCUT2D eigenvalue weighted by molar-refractivity contribution is 6.04. The smallest absolute Gasteiger partial charge is 0.410 e. The van der Waals surface area contributed by atoms with Gasteiger partial charge in [-0.2, -0.15) is 5.26 Å². The number of halogens is 1. The summed E-state index contributed by atoms with van der Waals surface area (Å²) in [5.41, 5.74) is 3.12. The molecule has 9 nitrogen and oxygen atoms in total. The van der Waals surface area contributed by atoms with Gasteiger partial charge in [0.05, 0.1) is 23.8 Å². The van der Waals surface area contributed by atoms with Gasteiger partial charge in [-0.15, -0.1) is 0 Å². The van der Waals surface area contributed by atoms with Crippen LogP contribution in [0.15, 0.2) is 42.5 Å². The Morgan fingerprint density at radius 2 is 1.96 bits per heavy atom. The van der Waals surface area contributed by atoms with Crippen LogP contribution in [0.3, 0.4) is 0 Å². The minimum Gasteiger partial charge on any atom is -0.508 e. The molecule has 5 aliphatic rings. The number of aromatic nitrogens is 1. The molecule has 3 saturated heterocycles. The number of rotatable bonds is 7. The number of aryl methyl sites for hydroxylation is 1. The first kappa shape index (κ1) is 34.5. The van der Waals surface area contributed by atoms with Crippen molar-refractivity contribution in [3.63, 3.8) is 0 Å². The summed E-state index contributed by atoms with van der Waals surface area (Å²) < 4.78 is 30.1. The summed E-state index contributed by atoms with van der Waals surface area (Å²) >= 11 is 0. The number of nitriles is 1. The quantitative estimate of drug-likeness (QED) is 0.208. The zero-order valence-corrected chi connectivity index (χ0v) is 30.8. The van der Waals surface area contributed by atoms with Crippen LogP contribution in [-0.4, -0.2) is 83.0 Å². The number of phenolic OH excluding ortho intramolecular Hbond substituents is 1. The Kier molecular flexibility index (Phi) is 8.68. The molecule has 0 spiro atoms. The average Bonchev–Trinajstić information content (AvgIpc) is 3.81. The van der Waals surface area contributed by atoms with E-state index in [9.17, 15) is 15.2 Å². The normalized spacial score (nSPS) is 24.2. The number of likely N-dealkylation sites (tertiary alicyclic amines) is 1. The predicted molar refractivity (Wildman–Crippen MR) is 200 cm³/mol. The van der Waals surface area contributed by atoms with Crippen molar-refractivity contribution in [3.8, 4) is 28.8 Å². The monoisotopic (exact) mass is 705 g/mol. The van der Waals surface area contributed by atoms with E-state index in [1.807, 2.05) is 56.0 Å². The molecule has 1 N–H and O–H groups in total. The van der Waals surface area contributed by atoms with Gasteiger partial charge in [0, 0.05) is 48.0 Å². The van der Waals surface area contributed by atoms with Gasteiger partial charge in [-0.3, -0.25) is 0 Å². The lowest BCUT2D eigenvalue weighted by molar-refractivity contribution is 0.0231. The summed E-state index contributed by atoms with van der Waals surface area (Å²) in [6.45, 7) is 10.8. The van der Waals surface area contributed by atoms with E-state index in [0.29, 0.717) is 47.5 Å². The molecule has 9 rings (SSSR count). The van der Waals surface area contributed by atoms with E-state index in [1.165, 1.54) is 0 Å². The lowest BCUT2D eigenvalue weighted by atomic mass is 9.76. The van der Waals surface area contributed by atoms with Crippen molar-refractivity contribution in [2.45, 2.75) is 89.9 Å². The molecular weight excluding hydrogens is 657 g/mol. The number of hydrogen-bond donors (Lipinski definition) is 1. The minimum atomic E-state index is -0.594.